The van der Waals surface area contributed by atoms with Crippen LogP contribution in [-0.4, -0.2) is 24.2 Å². The van der Waals surface area contributed by atoms with Crippen LogP contribution in [0.1, 0.15) is 24.5 Å². The van der Waals surface area contributed by atoms with Crippen molar-refractivity contribution >= 4 is 5.82 Å². The Labute approximate surface area is 123 Å². The summed E-state index contributed by atoms with van der Waals surface area (Å²) in [6.45, 7) is 1.91. The quantitative estimate of drug-likeness (QED) is 0.886. The summed E-state index contributed by atoms with van der Waals surface area (Å²) in [4.78, 5) is 8.00. The van der Waals surface area contributed by atoms with E-state index in [1.807, 2.05) is 18.2 Å². The molecule has 1 unspecified atom stereocenters. The minimum atomic E-state index is -1.19. The third-order valence-corrected chi connectivity index (χ3v) is 2.98. The third kappa shape index (κ3) is 3.81. The number of benzene rings is 1. The lowest BCUT2D eigenvalue weighted by molar-refractivity contribution is 0.356. The van der Waals surface area contributed by atoms with Crippen molar-refractivity contribution in [2.24, 2.45) is 0 Å². The first-order chi connectivity index (χ1) is 10.1. The predicted octanol–water partition coefficient (Wildman–Crippen LogP) is 3.14. The highest BCUT2D eigenvalue weighted by Gasteiger charge is 2.08. The van der Waals surface area contributed by atoms with Gasteiger partial charge in [-0.1, -0.05) is 0 Å². The number of halogens is 1. The second-order valence-corrected chi connectivity index (χ2v) is 4.45. The summed E-state index contributed by atoms with van der Waals surface area (Å²) >= 11 is 0. The maximum Gasteiger partial charge on any atom is 0.164 e. The lowest BCUT2D eigenvalue weighted by Crippen LogP contribution is -2.06. The van der Waals surface area contributed by atoms with E-state index in [1.165, 1.54) is 13.1 Å². The number of ether oxygens (including phenoxy) is 2. The molecule has 0 saturated carbocycles. The molecular weight excluding hydrogens is 273 g/mol. The van der Waals surface area contributed by atoms with Gasteiger partial charge in [0.15, 0.2) is 12.0 Å². The van der Waals surface area contributed by atoms with Crippen molar-refractivity contribution in [3.63, 3.8) is 0 Å². The number of hydrogen-bond acceptors (Lipinski definition) is 5. The van der Waals surface area contributed by atoms with Crippen LogP contribution in [0.4, 0.5) is 10.2 Å². The Morgan fingerprint density at radius 3 is 2.71 bits per heavy atom. The highest BCUT2D eigenvalue weighted by atomic mass is 19.1. The Bertz CT molecular complexity index is 605. The van der Waals surface area contributed by atoms with Crippen LogP contribution in [-0.2, 0) is 6.54 Å². The number of anilines is 1. The molecule has 21 heavy (non-hydrogen) atoms. The maximum absolute atomic E-state index is 13.2. The van der Waals surface area contributed by atoms with Crippen molar-refractivity contribution in [2.75, 3.05) is 19.5 Å². The summed E-state index contributed by atoms with van der Waals surface area (Å²) in [5.74, 6) is 2.19. The first kappa shape index (κ1) is 15.0. The smallest absolute Gasteiger partial charge is 0.164 e. The number of rotatable bonds is 6. The summed E-state index contributed by atoms with van der Waals surface area (Å²) in [5.41, 5.74) is 0.951. The molecule has 1 aromatic carbocycles. The molecule has 0 aliphatic carbocycles. The van der Waals surface area contributed by atoms with Crippen LogP contribution < -0.4 is 14.8 Å². The maximum atomic E-state index is 13.2. The molecule has 1 heterocycles. The molecule has 5 nitrogen and oxygen atoms in total. The van der Waals surface area contributed by atoms with Gasteiger partial charge >= 0.3 is 0 Å². The fraction of sp³-hybridized carbons (Fsp3) is 0.333. The van der Waals surface area contributed by atoms with E-state index in [1.54, 1.807) is 20.3 Å². The standard InChI is InChI=1S/C15H18FN3O2/c1-10(16)15-17-7-6-14(19-15)18-9-11-4-5-12(20-2)8-13(11)21-3/h4-8,10H,9H2,1-3H3,(H,17,18,19). The van der Waals surface area contributed by atoms with E-state index in [0.29, 0.717) is 12.4 Å². The molecule has 0 aliphatic rings. The number of methoxy groups -OCH3 is 2. The van der Waals surface area contributed by atoms with Gasteiger partial charge < -0.3 is 14.8 Å². The first-order valence-electron chi connectivity index (χ1n) is 6.56. The van der Waals surface area contributed by atoms with Crippen molar-refractivity contribution in [2.45, 2.75) is 19.6 Å². The minimum Gasteiger partial charge on any atom is -0.497 e. The number of aromatic nitrogens is 2. The Kier molecular flexibility index (Phi) is 4.92. The zero-order valence-corrected chi connectivity index (χ0v) is 12.3. The molecule has 1 N–H and O–H groups in total. The van der Waals surface area contributed by atoms with Crippen LogP contribution in [0.2, 0.25) is 0 Å². The Balaban J connectivity index is 2.11. The van der Waals surface area contributed by atoms with Gasteiger partial charge in [-0.05, 0) is 25.1 Å². The largest absolute Gasteiger partial charge is 0.497 e. The van der Waals surface area contributed by atoms with E-state index < -0.39 is 6.17 Å². The second kappa shape index (κ2) is 6.88. The van der Waals surface area contributed by atoms with Crippen molar-refractivity contribution in [1.82, 2.24) is 9.97 Å². The molecule has 0 saturated heterocycles. The lowest BCUT2D eigenvalue weighted by Gasteiger charge is -2.12. The topological polar surface area (TPSA) is 56.3 Å². The molecule has 1 aromatic heterocycles. The van der Waals surface area contributed by atoms with Crippen molar-refractivity contribution in [3.05, 3.63) is 41.9 Å². The van der Waals surface area contributed by atoms with Gasteiger partial charge in [0.05, 0.1) is 14.2 Å². The second-order valence-electron chi connectivity index (χ2n) is 4.45. The van der Waals surface area contributed by atoms with Crippen molar-refractivity contribution < 1.29 is 13.9 Å². The number of nitrogens with zero attached hydrogens (tertiary/aromatic N) is 2. The van der Waals surface area contributed by atoms with E-state index >= 15 is 0 Å². The highest BCUT2D eigenvalue weighted by Crippen LogP contribution is 2.25. The fourth-order valence-electron chi connectivity index (χ4n) is 1.85. The average molecular weight is 291 g/mol. The monoisotopic (exact) mass is 291 g/mol. The van der Waals surface area contributed by atoms with Crippen LogP contribution >= 0.6 is 0 Å². The van der Waals surface area contributed by atoms with Gasteiger partial charge in [0.25, 0.3) is 0 Å². The molecule has 0 amide bonds. The van der Waals surface area contributed by atoms with Crippen LogP contribution in [0.5, 0.6) is 11.5 Å². The molecule has 6 heteroatoms. The van der Waals surface area contributed by atoms with Crippen LogP contribution in [0.3, 0.4) is 0 Å². The van der Waals surface area contributed by atoms with Gasteiger partial charge in [-0.15, -0.1) is 0 Å². The molecule has 1 atom stereocenters. The molecule has 0 bridgehead atoms. The molecular formula is C15H18FN3O2. The van der Waals surface area contributed by atoms with E-state index in [2.05, 4.69) is 15.3 Å². The van der Waals surface area contributed by atoms with Crippen LogP contribution in [0, 0.1) is 0 Å². The fourth-order valence-corrected chi connectivity index (χ4v) is 1.85. The van der Waals surface area contributed by atoms with E-state index in [-0.39, 0.29) is 5.82 Å². The first-order valence-corrected chi connectivity index (χ1v) is 6.56. The Hall–Kier alpha value is -2.37. The molecule has 0 aliphatic heterocycles. The van der Waals surface area contributed by atoms with Gasteiger partial charge in [-0.2, -0.15) is 0 Å². The average Bonchev–Trinajstić information content (AvgIpc) is 2.53. The summed E-state index contributed by atoms with van der Waals surface area (Å²) in [7, 11) is 3.21. The third-order valence-electron chi connectivity index (χ3n) is 2.98. The molecule has 112 valence electrons. The number of hydrogen-bond donors (Lipinski definition) is 1. The lowest BCUT2D eigenvalue weighted by atomic mass is 10.2. The van der Waals surface area contributed by atoms with Crippen molar-refractivity contribution in [3.8, 4) is 11.5 Å². The SMILES string of the molecule is COc1ccc(CNc2ccnc(C(C)F)n2)c(OC)c1. The summed E-state index contributed by atoms with van der Waals surface area (Å²) in [6, 6.07) is 7.27. The van der Waals surface area contributed by atoms with E-state index in [4.69, 9.17) is 9.47 Å². The van der Waals surface area contributed by atoms with Crippen LogP contribution in [0.25, 0.3) is 0 Å². The van der Waals surface area contributed by atoms with Crippen molar-refractivity contribution in [1.29, 1.82) is 0 Å². The zero-order chi connectivity index (χ0) is 15.2. The molecule has 0 radical (unpaired) electrons. The zero-order valence-electron chi connectivity index (χ0n) is 12.3. The highest BCUT2D eigenvalue weighted by molar-refractivity contribution is 5.43. The van der Waals surface area contributed by atoms with E-state index in [0.717, 1.165) is 17.1 Å². The number of nitrogens with one attached hydrogen (secondary N) is 1. The molecule has 0 fully saturated rings. The molecule has 2 aromatic rings. The molecule has 0 spiro atoms. The predicted molar refractivity (Wildman–Crippen MR) is 78.4 cm³/mol. The van der Waals surface area contributed by atoms with Gasteiger partial charge in [0, 0.05) is 24.4 Å². The van der Waals surface area contributed by atoms with Crippen LogP contribution in [0.15, 0.2) is 30.5 Å². The van der Waals surface area contributed by atoms with Gasteiger partial charge in [0.2, 0.25) is 0 Å². The number of alkyl halides is 1. The van der Waals surface area contributed by atoms with E-state index in [9.17, 15) is 4.39 Å². The summed E-state index contributed by atoms with van der Waals surface area (Å²) < 4.78 is 23.7. The Morgan fingerprint density at radius 1 is 1.24 bits per heavy atom. The van der Waals surface area contributed by atoms with Gasteiger partial charge in [-0.3, -0.25) is 0 Å². The normalized spacial score (nSPS) is 11.8. The summed E-state index contributed by atoms with van der Waals surface area (Å²) in [5, 5.41) is 3.13. The minimum absolute atomic E-state index is 0.168. The van der Waals surface area contributed by atoms with Gasteiger partial charge in [-0.25, -0.2) is 14.4 Å². The molecule has 2 rings (SSSR count). The Morgan fingerprint density at radius 2 is 2.05 bits per heavy atom. The summed E-state index contributed by atoms with van der Waals surface area (Å²) in [6.07, 6.45) is 0.341. The van der Waals surface area contributed by atoms with Gasteiger partial charge in [0.1, 0.15) is 17.3 Å².